The van der Waals surface area contributed by atoms with Gasteiger partial charge in [0.1, 0.15) is 17.1 Å². The van der Waals surface area contributed by atoms with Crippen molar-refractivity contribution < 1.29 is 9.84 Å². The van der Waals surface area contributed by atoms with Crippen LogP contribution >= 0.6 is 0 Å². The molecule has 1 heterocycles. The first-order valence-corrected chi connectivity index (χ1v) is 11.3. The van der Waals surface area contributed by atoms with Gasteiger partial charge in [-0.1, -0.05) is 41.0 Å². The van der Waals surface area contributed by atoms with Crippen molar-refractivity contribution in [1.29, 1.82) is 0 Å². The molecule has 1 aromatic rings. The third-order valence-electron chi connectivity index (χ3n) is 6.05. The fraction of sp³-hybridized carbons (Fsp3) is 0.500. The lowest BCUT2D eigenvalue weighted by Gasteiger charge is -2.33. The summed E-state index contributed by atoms with van der Waals surface area (Å²) in [6.45, 7) is 14.9. The third-order valence-corrected chi connectivity index (χ3v) is 6.05. The Bertz CT molecular complexity index is 863. The Morgan fingerprint density at radius 3 is 2.17 bits per heavy atom. The van der Waals surface area contributed by atoms with Gasteiger partial charge in [-0.15, -0.1) is 0 Å². The summed E-state index contributed by atoms with van der Waals surface area (Å²) in [6, 6.07) is 1.80. The lowest BCUT2D eigenvalue weighted by Crippen LogP contribution is -2.32. The highest BCUT2D eigenvalue weighted by Gasteiger charge is 2.28. The molecule has 1 unspecified atom stereocenters. The largest absolute Gasteiger partial charge is 0.508 e. The fourth-order valence-corrected chi connectivity index (χ4v) is 3.77. The summed E-state index contributed by atoms with van der Waals surface area (Å²) in [5.74, 6) is 1.24. The second-order valence-corrected chi connectivity index (χ2v) is 9.31. The van der Waals surface area contributed by atoms with E-state index < -0.39 is 0 Å². The van der Waals surface area contributed by atoms with Gasteiger partial charge >= 0.3 is 0 Å². The standard InChI is InChI=1S/C28H40O2/c1-20(2)11-8-12-21(3)13-9-14-22(4)15-10-17-28(7)18-16-25-19-26(29)23(5)24(6)27(25)30-28/h11,13,15-16,18-19,29H,8-10,12,14,17H2,1-7H3/b21-13+,22-15+. The molecule has 2 heteroatoms. The summed E-state index contributed by atoms with van der Waals surface area (Å²) >= 11 is 0. The van der Waals surface area contributed by atoms with Gasteiger partial charge in [-0.2, -0.15) is 0 Å². The Kier molecular flexibility index (Phi) is 8.58. The van der Waals surface area contributed by atoms with Crippen LogP contribution in [0.15, 0.2) is 47.1 Å². The van der Waals surface area contributed by atoms with Crippen LogP contribution in [0.4, 0.5) is 0 Å². The molecule has 2 nitrogen and oxygen atoms in total. The minimum Gasteiger partial charge on any atom is -0.508 e. The van der Waals surface area contributed by atoms with Crippen LogP contribution < -0.4 is 4.74 Å². The van der Waals surface area contributed by atoms with Crippen molar-refractivity contribution in [2.24, 2.45) is 0 Å². The molecule has 0 aromatic heterocycles. The van der Waals surface area contributed by atoms with Crippen LogP contribution in [0.2, 0.25) is 0 Å². The zero-order valence-corrected chi connectivity index (χ0v) is 20.1. The average molecular weight is 409 g/mol. The Hall–Kier alpha value is -2.22. The molecule has 0 saturated heterocycles. The van der Waals surface area contributed by atoms with Crippen molar-refractivity contribution in [3.05, 3.63) is 63.8 Å². The summed E-state index contributed by atoms with van der Waals surface area (Å²) in [6.07, 6.45) is 17.8. The van der Waals surface area contributed by atoms with E-state index in [-0.39, 0.29) is 5.60 Å². The van der Waals surface area contributed by atoms with Gasteiger partial charge in [0, 0.05) is 5.56 Å². The van der Waals surface area contributed by atoms with E-state index >= 15 is 0 Å². The van der Waals surface area contributed by atoms with E-state index in [1.165, 1.54) is 16.7 Å². The van der Waals surface area contributed by atoms with E-state index in [2.05, 4.69) is 65.0 Å². The molecule has 0 amide bonds. The molecule has 0 saturated carbocycles. The Morgan fingerprint density at radius 1 is 0.933 bits per heavy atom. The second-order valence-electron chi connectivity index (χ2n) is 9.31. The van der Waals surface area contributed by atoms with Gasteiger partial charge in [0.15, 0.2) is 0 Å². The van der Waals surface area contributed by atoms with Crippen molar-refractivity contribution in [3.63, 3.8) is 0 Å². The molecule has 1 N–H and O–H groups in total. The number of ether oxygens (including phenoxy) is 1. The first-order valence-electron chi connectivity index (χ1n) is 11.3. The SMILES string of the molecule is CC(C)=CCC/C(C)=C/CC/C(C)=C/CCC1(C)C=Cc2cc(O)c(C)c(C)c2O1. The van der Waals surface area contributed by atoms with Crippen LogP contribution in [0.1, 0.15) is 89.8 Å². The van der Waals surface area contributed by atoms with Crippen LogP contribution in [0.3, 0.4) is 0 Å². The summed E-state index contributed by atoms with van der Waals surface area (Å²) in [7, 11) is 0. The quantitative estimate of drug-likeness (QED) is 0.416. The van der Waals surface area contributed by atoms with Gasteiger partial charge in [-0.3, -0.25) is 0 Å². The van der Waals surface area contributed by atoms with E-state index in [1.54, 1.807) is 6.07 Å². The smallest absolute Gasteiger partial charge is 0.131 e. The van der Waals surface area contributed by atoms with E-state index in [1.807, 2.05) is 13.8 Å². The van der Waals surface area contributed by atoms with Gasteiger partial charge in [-0.25, -0.2) is 0 Å². The Balaban J connectivity index is 1.85. The second kappa shape index (κ2) is 10.7. The minimum atomic E-state index is -0.306. The van der Waals surface area contributed by atoms with Crippen LogP contribution in [-0.4, -0.2) is 10.7 Å². The van der Waals surface area contributed by atoms with Gasteiger partial charge in [0.2, 0.25) is 0 Å². The monoisotopic (exact) mass is 408 g/mol. The normalized spacial score (nSPS) is 18.8. The number of phenols is 1. The number of hydrogen-bond acceptors (Lipinski definition) is 2. The number of aromatic hydroxyl groups is 1. The summed E-state index contributed by atoms with van der Waals surface area (Å²) in [4.78, 5) is 0. The lowest BCUT2D eigenvalue weighted by molar-refractivity contribution is 0.127. The molecule has 1 atom stereocenters. The Labute approximate surface area is 184 Å². The van der Waals surface area contributed by atoms with E-state index in [0.29, 0.717) is 5.75 Å². The molecular formula is C28H40O2. The minimum absolute atomic E-state index is 0.306. The van der Waals surface area contributed by atoms with Gasteiger partial charge < -0.3 is 9.84 Å². The molecule has 1 aromatic carbocycles. The lowest BCUT2D eigenvalue weighted by atomic mass is 9.92. The molecule has 30 heavy (non-hydrogen) atoms. The highest BCUT2D eigenvalue weighted by molar-refractivity contribution is 5.67. The first kappa shape index (κ1) is 24.1. The number of allylic oxidation sites excluding steroid dienone is 6. The molecule has 0 radical (unpaired) electrons. The zero-order valence-electron chi connectivity index (χ0n) is 20.1. The highest BCUT2D eigenvalue weighted by atomic mass is 16.5. The third kappa shape index (κ3) is 6.93. The molecule has 1 aliphatic heterocycles. The van der Waals surface area contributed by atoms with E-state index in [4.69, 9.17) is 4.74 Å². The topological polar surface area (TPSA) is 29.5 Å². The van der Waals surface area contributed by atoms with Crippen LogP contribution in [0.5, 0.6) is 11.5 Å². The number of hydrogen-bond donors (Lipinski definition) is 1. The average Bonchev–Trinajstić information content (AvgIpc) is 2.67. The van der Waals surface area contributed by atoms with Crippen molar-refractivity contribution in [1.82, 2.24) is 0 Å². The molecule has 0 fully saturated rings. The van der Waals surface area contributed by atoms with E-state index in [0.717, 1.165) is 61.0 Å². The van der Waals surface area contributed by atoms with Crippen LogP contribution in [0.25, 0.3) is 6.08 Å². The van der Waals surface area contributed by atoms with Gasteiger partial charge in [0.05, 0.1) is 0 Å². The first-order chi connectivity index (χ1) is 14.1. The predicted octanol–water partition coefficient (Wildman–Crippen LogP) is 8.37. The maximum Gasteiger partial charge on any atom is 0.131 e. The molecule has 1 aliphatic rings. The number of benzene rings is 1. The maximum absolute atomic E-state index is 10.1. The predicted molar refractivity (Wildman–Crippen MR) is 130 cm³/mol. The molecule has 0 bridgehead atoms. The number of phenolic OH excluding ortho intramolecular Hbond substituents is 1. The van der Waals surface area contributed by atoms with Crippen molar-refractivity contribution in [3.8, 4) is 11.5 Å². The van der Waals surface area contributed by atoms with Crippen molar-refractivity contribution in [2.75, 3.05) is 0 Å². The van der Waals surface area contributed by atoms with Crippen molar-refractivity contribution in [2.45, 2.75) is 92.6 Å². The Morgan fingerprint density at radius 2 is 1.53 bits per heavy atom. The zero-order chi connectivity index (χ0) is 22.3. The van der Waals surface area contributed by atoms with E-state index in [9.17, 15) is 5.11 Å². The number of fused-ring (bicyclic) bond motifs is 1. The van der Waals surface area contributed by atoms with Gasteiger partial charge in [0.25, 0.3) is 0 Å². The maximum atomic E-state index is 10.1. The molecule has 0 aliphatic carbocycles. The van der Waals surface area contributed by atoms with Crippen LogP contribution in [-0.2, 0) is 0 Å². The fourth-order valence-electron chi connectivity index (χ4n) is 3.77. The summed E-state index contributed by atoms with van der Waals surface area (Å²) < 4.78 is 6.39. The molecule has 2 rings (SSSR count). The van der Waals surface area contributed by atoms with Gasteiger partial charge in [-0.05, 0) is 110 Å². The molecular weight excluding hydrogens is 368 g/mol. The van der Waals surface area contributed by atoms with Crippen molar-refractivity contribution >= 4 is 6.08 Å². The van der Waals surface area contributed by atoms with Crippen LogP contribution in [0, 0.1) is 13.8 Å². The molecule has 0 spiro atoms. The summed E-state index contributed by atoms with van der Waals surface area (Å²) in [5.41, 5.74) is 6.92. The highest BCUT2D eigenvalue weighted by Crippen LogP contribution is 2.40. The molecule has 164 valence electrons. The summed E-state index contributed by atoms with van der Waals surface area (Å²) in [5, 5.41) is 10.1. The number of rotatable bonds is 9.